The number of nitrogens with one attached hydrogen (secondary N) is 1. The van der Waals surface area contributed by atoms with Crippen LogP contribution < -0.4 is 11.3 Å². The maximum absolute atomic E-state index is 6.00. The molecular formula is C15H23N3O. The summed E-state index contributed by atoms with van der Waals surface area (Å²) >= 11 is 0. The Kier molecular flexibility index (Phi) is 3.56. The maximum Gasteiger partial charge on any atom is 0.0686 e. The molecule has 1 aromatic rings. The molecule has 4 heteroatoms. The van der Waals surface area contributed by atoms with Gasteiger partial charge in [-0.2, -0.15) is 0 Å². The Labute approximate surface area is 114 Å². The first-order chi connectivity index (χ1) is 9.22. The topological polar surface area (TPSA) is 60.2 Å². The third-order valence-electron chi connectivity index (χ3n) is 4.68. The maximum atomic E-state index is 6.00. The van der Waals surface area contributed by atoms with Crippen LogP contribution in [0.1, 0.15) is 49.5 Å². The van der Waals surface area contributed by atoms with Gasteiger partial charge in [-0.05, 0) is 57.1 Å². The van der Waals surface area contributed by atoms with Gasteiger partial charge in [0, 0.05) is 12.3 Å². The number of aromatic nitrogens is 1. The molecule has 2 aliphatic rings. The summed E-state index contributed by atoms with van der Waals surface area (Å²) in [6.07, 6.45) is 5.89. The van der Waals surface area contributed by atoms with Crippen LogP contribution in [0.15, 0.2) is 18.2 Å². The van der Waals surface area contributed by atoms with Crippen LogP contribution in [0.5, 0.6) is 0 Å². The first-order valence-corrected chi connectivity index (χ1v) is 7.26. The third kappa shape index (κ3) is 2.53. The zero-order valence-corrected chi connectivity index (χ0v) is 11.6. The van der Waals surface area contributed by atoms with Crippen LogP contribution in [0, 0.1) is 12.8 Å². The van der Waals surface area contributed by atoms with E-state index in [1.807, 2.05) is 13.0 Å². The lowest BCUT2D eigenvalue weighted by atomic mass is 9.70. The lowest BCUT2D eigenvalue weighted by molar-refractivity contribution is -0.147. The molecule has 3 N–H and O–H groups in total. The lowest BCUT2D eigenvalue weighted by Gasteiger charge is -2.48. The van der Waals surface area contributed by atoms with Gasteiger partial charge in [-0.15, -0.1) is 0 Å². The monoisotopic (exact) mass is 261 g/mol. The van der Waals surface area contributed by atoms with Gasteiger partial charge >= 0.3 is 0 Å². The highest BCUT2D eigenvalue weighted by Crippen LogP contribution is 2.46. The van der Waals surface area contributed by atoms with Crippen molar-refractivity contribution in [3.63, 3.8) is 0 Å². The normalized spacial score (nSPS) is 26.9. The average Bonchev–Trinajstić information content (AvgIpc) is 2.38. The molecule has 1 aliphatic heterocycles. The van der Waals surface area contributed by atoms with Crippen LogP contribution in [0.2, 0.25) is 0 Å². The fourth-order valence-corrected chi connectivity index (χ4v) is 3.47. The Morgan fingerprint density at radius 2 is 2.32 bits per heavy atom. The molecule has 1 aromatic heterocycles. The highest BCUT2D eigenvalue weighted by atomic mass is 16.5. The number of pyridine rings is 1. The van der Waals surface area contributed by atoms with Crippen molar-refractivity contribution in [2.45, 2.75) is 50.7 Å². The third-order valence-corrected chi connectivity index (χ3v) is 4.68. The molecule has 19 heavy (non-hydrogen) atoms. The predicted octanol–water partition coefficient (Wildman–Crippen LogP) is 2.24. The summed E-state index contributed by atoms with van der Waals surface area (Å²) in [6, 6.07) is 6.29. The van der Waals surface area contributed by atoms with Gasteiger partial charge in [0.15, 0.2) is 0 Å². The number of hydrogen-bond donors (Lipinski definition) is 2. The molecule has 2 fully saturated rings. The Morgan fingerprint density at radius 3 is 2.95 bits per heavy atom. The first kappa shape index (κ1) is 13.0. The van der Waals surface area contributed by atoms with Crippen LogP contribution in [0.3, 0.4) is 0 Å². The largest absolute Gasteiger partial charge is 0.375 e. The van der Waals surface area contributed by atoms with Crippen molar-refractivity contribution in [2.24, 2.45) is 11.8 Å². The first-order valence-electron chi connectivity index (χ1n) is 7.26. The summed E-state index contributed by atoms with van der Waals surface area (Å²) in [4.78, 5) is 4.63. The van der Waals surface area contributed by atoms with E-state index in [2.05, 4.69) is 22.5 Å². The van der Waals surface area contributed by atoms with E-state index in [4.69, 9.17) is 10.6 Å². The molecule has 1 spiro atoms. The number of ether oxygens (including phenoxy) is 1. The summed E-state index contributed by atoms with van der Waals surface area (Å²) in [6.45, 7) is 2.88. The summed E-state index contributed by atoms with van der Waals surface area (Å²) in [5, 5.41) is 0. The van der Waals surface area contributed by atoms with E-state index < -0.39 is 0 Å². The second-order valence-corrected chi connectivity index (χ2v) is 5.99. The van der Waals surface area contributed by atoms with Crippen LogP contribution in [-0.4, -0.2) is 17.2 Å². The van der Waals surface area contributed by atoms with Crippen molar-refractivity contribution in [3.8, 4) is 0 Å². The SMILES string of the molecule is Cc1cccc(C(NN)C2CCOC3(CCC3)C2)n1. The van der Waals surface area contributed by atoms with Crippen LogP contribution in [0.25, 0.3) is 0 Å². The fraction of sp³-hybridized carbons (Fsp3) is 0.667. The molecule has 2 heterocycles. The summed E-state index contributed by atoms with van der Waals surface area (Å²) < 4.78 is 6.00. The van der Waals surface area contributed by atoms with Crippen molar-refractivity contribution in [1.82, 2.24) is 10.4 Å². The Balaban J connectivity index is 1.78. The summed E-state index contributed by atoms with van der Waals surface area (Å²) in [7, 11) is 0. The van der Waals surface area contributed by atoms with Gasteiger partial charge in [0.05, 0.1) is 17.3 Å². The van der Waals surface area contributed by atoms with Gasteiger partial charge in [-0.1, -0.05) is 6.07 Å². The van der Waals surface area contributed by atoms with Gasteiger partial charge in [0.2, 0.25) is 0 Å². The molecule has 1 saturated carbocycles. The van der Waals surface area contributed by atoms with E-state index in [0.29, 0.717) is 5.92 Å². The number of nitrogens with two attached hydrogens (primary N) is 1. The van der Waals surface area contributed by atoms with Gasteiger partial charge < -0.3 is 4.74 Å². The molecular weight excluding hydrogens is 238 g/mol. The average molecular weight is 261 g/mol. The second kappa shape index (κ2) is 5.19. The Bertz CT molecular complexity index is 445. The summed E-state index contributed by atoms with van der Waals surface area (Å²) in [5.41, 5.74) is 5.24. The number of aryl methyl sites for hydroxylation is 1. The van der Waals surface area contributed by atoms with E-state index in [1.54, 1.807) is 0 Å². The van der Waals surface area contributed by atoms with E-state index in [-0.39, 0.29) is 11.6 Å². The molecule has 104 valence electrons. The van der Waals surface area contributed by atoms with Crippen molar-refractivity contribution in [2.75, 3.05) is 6.61 Å². The minimum atomic E-state index is 0.140. The number of nitrogens with zero attached hydrogens (tertiary/aromatic N) is 1. The zero-order chi connectivity index (χ0) is 13.3. The second-order valence-electron chi connectivity index (χ2n) is 5.99. The molecule has 1 saturated heterocycles. The van der Waals surface area contributed by atoms with E-state index >= 15 is 0 Å². The van der Waals surface area contributed by atoms with Crippen LogP contribution in [-0.2, 0) is 4.74 Å². The summed E-state index contributed by atoms with van der Waals surface area (Å²) in [5.74, 6) is 6.32. The highest BCUT2D eigenvalue weighted by molar-refractivity contribution is 5.15. The standard InChI is InChI=1S/C15H23N3O/c1-11-4-2-5-13(17-11)14(18-16)12-6-9-19-15(10-12)7-3-8-15/h2,4-5,12,14,18H,3,6-10,16H2,1H3. The van der Waals surface area contributed by atoms with Crippen molar-refractivity contribution < 1.29 is 4.74 Å². The van der Waals surface area contributed by atoms with Crippen molar-refractivity contribution in [3.05, 3.63) is 29.6 Å². The molecule has 2 unspecified atom stereocenters. The fourth-order valence-electron chi connectivity index (χ4n) is 3.47. The van der Waals surface area contributed by atoms with Gasteiger partial charge in [-0.3, -0.25) is 16.3 Å². The van der Waals surface area contributed by atoms with Gasteiger partial charge in [0.25, 0.3) is 0 Å². The lowest BCUT2D eigenvalue weighted by Crippen LogP contribution is -2.48. The van der Waals surface area contributed by atoms with Crippen molar-refractivity contribution in [1.29, 1.82) is 0 Å². The number of rotatable bonds is 3. The van der Waals surface area contributed by atoms with E-state index in [9.17, 15) is 0 Å². The van der Waals surface area contributed by atoms with Gasteiger partial charge in [-0.25, -0.2) is 0 Å². The van der Waals surface area contributed by atoms with Crippen molar-refractivity contribution >= 4 is 0 Å². The van der Waals surface area contributed by atoms with E-state index in [1.165, 1.54) is 19.3 Å². The number of hydrogen-bond acceptors (Lipinski definition) is 4. The number of hydrazine groups is 1. The molecule has 0 radical (unpaired) electrons. The quantitative estimate of drug-likeness (QED) is 0.647. The minimum Gasteiger partial charge on any atom is -0.375 e. The highest BCUT2D eigenvalue weighted by Gasteiger charge is 2.44. The predicted molar refractivity (Wildman–Crippen MR) is 74.3 cm³/mol. The molecule has 3 rings (SSSR count). The smallest absolute Gasteiger partial charge is 0.0686 e. The Morgan fingerprint density at radius 1 is 1.47 bits per heavy atom. The minimum absolute atomic E-state index is 0.140. The zero-order valence-electron chi connectivity index (χ0n) is 11.6. The Hall–Kier alpha value is -0.970. The molecule has 1 aliphatic carbocycles. The molecule has 4 nitrogen and oxygen atoms in total. The molecule has 2 atom stereocenters. The molecule has 0 aromatic carbocycles. The van der Waals surface area contributed by atoms with Gasteiger partial charge in [0.1, 0.15) is 0 Å². The van der Waals surface area contributed by atoms with E-state index in [0.717, 1.165) is 30.8 Å². The molecule has 0 amide bonds. The van der Waals surface area contributed by atoms with Crippen LogP contribution >= 0.6 is 0 Å². The molecule has 0 bridgehead atoms. The van der Waals surface area contributed by atoms with Crippen LogP contribution in [0.4, 0.5) is 0 Å².